The number of furan rings is 1. The zero-order valence-electron chi connectivity index (χ0n) is 34.2. The Morgan fingerprint density at radius 3 is 1.62 bits per heavy atom. The summed E-state index contributed by atoms with van der Waals surface area (Å²) in [5, 5.41) is 4.58. The third-order valence-electron chi connectivity index (χ3n) is 12.9. The highest BCUT2D eigenvalue weighted by Gasteiger charge is 2.30. The van der Waals surface area contributed by atoms with Gasteiger partial charge in [-0.1, -0.05) is 158 Å². The molecule has 0 atom stereocenters. The number of hydrogen-bond donors (Lipinski definition) is 0. The van der Waals surface area contributed by atoms with Gasteiger partial charge in [0, 0.05) is 44.0 Å². The molecule has 13 rings (SSSR count). The maximum absolute atomic E-state index is 6.39. The first-order valence-electron chi connectivity index (χ1n) is 21.6. The Morgan fingerprint density at radius 1 is 0.302 bits per heavy atom. The molecular formula is C60H38N2O. The monoisotopic (exact) mass is 802 g/mol. The Hall–Kier alpha value is -8.40. The molecular weight excluding hydrogens is 765 g/mol. The number of anilines is 3. The minimum atomic E-state index is 0.878. The Kier molecular flexibility index (Phi) is 7.91. The van der Waals surface area contributed by atoms with Gasteiger partial charge in [-0.2, -0.15) is 0 Å². The van der Waals surface area contributed by atoms with Crippen molar-refractivity contribution in [2.45, 2.75) is 0 Å². The molecule has 3 heteroatoms. The van der Waals surface area contributed by atoms with Crippen molar-refractivity contribution in [3.05, 3.63) is 231 Å². The molecule has 2 aromatic heterocycles. The summed E-state index contributed by atoms with van der Waals surface area (Å²) in [7, 11) is 0. The fourth-order valence-electron chi connectivity index (χ4n) is 10.0. The molecule has 12 aromatic rings. The van der Waals surface area contributed by atoms with Gasteiger partial charge in [0.25, 0.3) is 0 Å². The van der Waals surface area contributed by atoms with Gasteiger partial charge in [-0.15, -0.1) is 0 Å². The van der Waals surface area contributed by atoms with Gasteiger partial charge in [-0.25, -0.2) is 0 Å². The van der Waals surface area contributed by atoms with Crippen molar-refractivity contribution in [3.8, 4) is 61.3 Å². The van der Waals surface area contributed by atoms with Crippen LogP contribution in [-0.4, -0.2) is 4.57 Å². The molecule has 0 spiro atoms. The van der Waals surface area contributed by atoms with Gasteiger partial charge in [0.15, 0.2) is 0 Å². The molecule has 0 saturated carbocycles. The van der Waals surface area contributed by atoms with Crippen LogP contribution in [0.25, 0.3) is 105 Å². The molecule has 0 aliphatic carbocycles. The summed E-state index contributed by atoms with van der Waals surface area (Å²) < 4.78 is 8.89. The number of nitrogens with zero attached hydrogens (tertiary/aromatic N) is 2. The number of rotatable bonds is 5. The van der Waals surface area contributed by atoms with Crippen LogP contribution in [0.2, 0.25) is 0 Å². The van der Waals surface area contributed by atoms with Crippen LogP contribution < -0.4 is 4.90 Å². The van der Waals surface area contributed by atoms with E-state index in [1.54, 1.807) is 0 Å². The molecule has 3 nitrogen and oxygen atoms in total. The predicted molar refractivity (Wildman–Crippen MR) is 263 cm³/mol. The number of fused-ring (bicyclic) bond motifs is 12. The van der Waals surface area contributed by atoms with E-state index in [4.69, 9.17) is 4.42 Å². The fraction of sp³-hybridized carbons (Fsp3) is 0. The van der Waals surface area contributed by atoms with Crippen LogP contribution in [0.3, 0.4) is 0 Å². The summed E-state index contributed by atoms with van der Waals surface area (Å²) in [6.07, 6.45) is 0. The number of para-hydroxylation sites is 3. The molecule has 0 N–H and O–H groups in total. The lowest BCUT2D eigenvalue weighted by molar-refractivity contribution is 0.669. The molecule has 0 radical (unpaired) electrons. The standard InChI is InChI=1S/C60H38N2O/c1-4-16-39(17-5-1)42-34-43(40-18-6-2-7-19-40)36-44(35-42)41-28-32-56-53(37-41)52-31-30-51-48-23-11-10-22-47(48)49-24-12-14-26-55(49)61(45-20-8-3-9-21-45)59(51)60(52)62(56)46-29-33-58-54(38-46)50-25-13-15-27-57(50)63-58/h1-38H. The quantitative estimate of drug-likeness (QED) is 0.173. The first kappa shape index (κ1) is 35.4. The average molecular weight is 803 g/mol. The van der Waals surface area contributed by atoms with E-state index >= 15 is 0 Å². The minimum Gasteiger partial charge on any atom is -0.456 e. The normalized spacial score (nSPS) is 12.1. The highest BCUT2D eigenvalue weighted by atomic mass is 16.3. The molecule has 0 unspecified atom stereocenters. The molecule has 1 aliphatic heterocycles. The molecule has 10 aromatic carbocycles. The summed E-state index contributed by atoms with van der Waals surface area (Å²) >= 11 is 0. The SMILES string of the molecule is c1ccc(-c2cc(-c3ccccc3)cc(-c3ccc4c(c3)c3ccc5c(c3n4-c3ccc4oc6ccccc6c4c3)N(c3ccccc3)c3ccccc3-c3ccccc3-5)c2)cc1. The van der Waals surface area contributed by atoms with Crippen LogP contribution in [0.15, 0.2) is 235 Å². The van der Waals surface area contributed by atoms with Gasteiger partial charge in [0.2, 0.25) is 0 Å². The number of aromatic nitrogens is 1. The van der Waals surface area contributed by atoms with Crippen LogP contribution in [0.4, 0.5) is 17.1 Å². The first-order valence-corrected chi connectivity index (χ1v) is 21.6. The van der Waals surface area contributed by atoms with Gasteiger partial charge in [0.05, 0.1) is 22.4 Å². The summed E-state index contributed by atoms with van der Waals surface area (Å²) in [5.41, 5.74) is 20.4. The summed E-state index contributed by atoms with van der Waals surface area (Å²) in [6, 6.07) is 83.8. The van der Waals surface area contributed by atoms with Gasteiger partial charge < -0.3 is 13.9 Å². The largest absolute Gasteiger partial charge is 0.456 e. The molecule has 0 fully saturated rings. The zero-order valence-corrected chi connectivity index (χ0v) is 34.2. The Balaban J connectivity index is 1.15. The lowest BCUT2D eigenvalue weighted by atomic mass is 9.92. The van der Waals surface area contributed by atoms with Crippen LogP contribution in [0, 0.1) is 0 Å². The first-order chi connectivity index (χ1) is 31.2. The topological polar surface area (TPSA) is 21.3 Å². The van der Waals surface area contributed by atoms with Gasteiger partial charge in [-0.05, 0) is 117 Å². The maximum atomic E-state index is 6.39. The third-order valence-corrected chi connectivity index (χ3v) is 12.9. The fourth-order valence-corrected chi connectivity index (χ4v) is 10.0. The van der Waals surface area contributed by atoms with E-state index in [0.29, 0.717) is 0 Å². The highest BCUT2D eigenvalue weighted by molar-refractivity contribution is 6.20. The molecule has 0 amide bonds. The second kappa shape index (κ2) is 14.1. The average Bonchev–Trinajstić information content (AvgIpc) is 3.86. The minimum absolute atomic E-state index is 0.878. The van der Waals surface area contributed by atoms with E-state index in [1.165, 1.54) is 66.4 Å². The van der Waals surface area contributed by atoms with Gasteiger partial charge in [-0.3, -0.25) is 0 Å². The van der Waals surface area contributed by atoms with E-state index in [0.717, 1.165) is 55.7 Å². The van der Waals surface area contributed by atoms with Crippen molar-refractivity contribution < 1.29 is 4.42 Å². The highest BCUT2D eigenvalue weighted by Crippen LogP contribution is 2.54. The van der Waals surface area contributed by atoms with Gasteiger partial charge in [0.1, 0.15) is 11.2 Å². The van der Waals surface area contributed by atoms with E-state index < -0.39 is 0 Å². The smallest absolute Gasteiger partial charge is 0.135 e. The zero-order chi connectivity index (χ0) is 41.4. The molecule has 0 bridgehead atoms. The van der Waals surface area contributed by atoms with Crippen LogP contribution >= 0.6 is 0 Å². The van der Waals surface area contributed by atoms with Crippen molar-refractivity contribution in [2.24, 2.45) is 0 Å². The van der Waals surface area contributed by atoms with E-state index in [1.807, 2.05) is 6.07 Å². The Labute approximate surface area is 365 Å². The van der Waals surface area contributed by atoms with E-state index in [9.17, 15) is 0 Å². The lowest BCUT2D eigenvalue weighted by Crippen LogP contribution is -2.12. The predicted octanol–water partition coefficient (Wildman–Crippen LogP) is 16.8. The third kappa shape index (κ3) is 5.60. The van der Waals surface area contributed by atoms with Crippen molar-refractivity contribution in [3.63, 3.8) is 0 Å². The van der Waals surface area contributed by atoms with Crippen molar-refractivity contribution in [1.82, 2.24) is 4.57 Å². The maximum Gasteiger partial charge on any atom is 0.135 e. The second-order valence-electron chi connectivity index (χ2n) is 16.5. The molecule has 0 saturated heterocycles. The number of benzene rings is 10. The molecule has 63 heavy (non-hydrogen) atoms. The van der Waals surface area contributed by atoms with Crippen LogP contribution in [0.5, 0.6) is 0 Å². The molecule has 294 valence electrons. The molecule has 1 aliphatic rings. The molecule has 3 heterocycles. The van der Waals surface area contributed by atoms with Crippen molar-refractivity contribution in [2.75, 3.05) is 4.90 Å². The van der Waals surface area contributed by atoms with E-state index in [-0.39, 0.29) is 0 Å². The summed E-state index contributed by atoms with van der Waals surface area (Å²) in [5.74, 6) is 0. The van der Waals surface area contributed by atoms with Crippen molar-refractivity contribution >= 4 is 60.8 Å². The van der Waals surface area contributed by atoms with E-state index in [2.05, 4.69) is 234 Å². The van der Waals surface area contributed by atoms with Gasteiger partial charge >= 0.3 is 0 Å². The Morgan fingerprint density at radius 2 is 0.889 bits per heavy atom. The van der Waals surface area contributed by atoms with Crippen LogP contribution in [-0.2, 0) is 0 Å². The Bertz CT molecular complexity index is 3670. The lowest BCUT2D eigenvalue weighted by Gasteiger charge is -2.28. The number of hydrogen-bond acceptors (Lipinski definition) is 2. The van der Waals surface area contributed by atoms with Crippen molar-refractivity contribution in [1.29, 1.82) is 0 Å². The second-order valence-corrected chi connectivity index (χ2v) is 16.5. The summed E-state index contributed by atoms with van der Waals surface area (Å²) in [4.78, 5) is 2.49. The summed E-state index contributed by atoms with van der Waals surface area (Å²) in [6.45, 7) is 0. The van der Waals surface area contributed by atoms with Crippen LogP contribution in [0.1, 0.15) is 0 Å².